The van der Waals surface area contributed by atoms with Gasteiger partial charge in [-0.25, -0.2) is 0 Å². The number of hydrogen-bond acceptors (Lipinski definition) is 2. The van der Waals surface area contributed by atoms with Gasteiger partial charge in [0.2, 0.25) is 0 Å². The van der Waals surface area contributed by atoms with Gasteiger partial charge in [-0.3, -0.25) is 0 Å². The van der Waals surface area contributed by atoms with E-state index in [1.807, 2.05) is 0 Å². The molecule has 1 N–H and O–H groups in total. The maximum atomic E-state index is 12.2. The summed E-state index contributed by atoms with van der Waals surface area (Å²) >= 11 is 0. The predicted molar refractivity (Wildman–Crippen MR) is 73.0 cm³/mol. The second-order valence-corrected chi connectivity index (χ2v) is 5.72. The minimum Gasteiger partial charge on any atom is -0.482 e. The summed E-state index contributed by atoms with van der Waals surface area (Å²) in [6, 6.07) is 7.12. The van der Waals surface area contributed by atoms with E-state index in [0.717, 1.165) is 12.8 Å². The van der Waals surface area contributed by atoms with Crippen LogP contribution in [-0.4, -0.2) is 18.8 Å². The molecular weight excluding hydrogens is 267 g/mol. The third-order valence-corrected chi connectivity index (χ3v) is 3.76. The molecule has 0 spiro atoms. The van der Waals surface area contributed by atoms with Gasteiger partial charge in [-0.2, -0.15) is 13.2 Å². The lowest BCUT2D eigenvalue weighted by molar-refractivity contribution is -0.153. The lowest BCUT2D eigenvalue weighted by atomic mass is 9.73. The number of para-hydroxylation sites is 2. The average molecular weight is 287 g/mol. The minimum atomic E-state index is -4.31. The zero-order chi connectivity index (χ0) is 14.8. The van der Waals surface area contributed by atoms with E-state index in [1.165, 1.54) is 0 Å². The van der Waals surface area contributed by atoms with E-state index in [0.29, 0.717) is 23.6 Å². The van der Waals surface area contributed by atoms with E-state index >= 15 is 0 Å². The molecule has 2 rings (SSSR count). The zero-order valence-electron chi connectivity index (χ0n) is 11.7. The van der Waals surface area contributed by atoms with Gasteiger partial charge in [-0.1, -0.05) is 26.0 Å². The number of hydrogen-bond donors (Lipinski definition) is 1. The smallest absolute Gasteiger partial charge is 0.422 e. The number of halogens is 3. The summed E-state index contributed by atoms with van der Waals surface area (Å²) in [6.45, 7) is 3.13. The van der Waals surface area contributed by atoms with Crippen LogP contribution < -0.4 is 10.1 Å². The molecule has 0 amide bonds. The van der Waals surface area contributed by atoms with Crippen LogP contribution in [0, 0.1) is 11.8 Å². The lowest BCUT2D eigenvalue weighted by Gasteiger charge is -2.39. The fourth-order valence-electron chi connectivity index (χ4n) is 2.42. The van der Waals surface area contributed by atoms with E-state index in [2.05, 4.69) is 19.2 Å². The van der Waals surface area contributed by atoms with Crippen LogP contribution in [-0.2, 0) is 0 Å². The van der Waals surface area contributed by atoms with Crippen molar-refractivity contribution in [1.82, 2.24) is 0 Å². The first-order valence-electron chi connectivity index (χ1n) is 6.90. The molecule has 1 aliphatic carbocycles. The Bertz CT molecular complexity index is 439. The van der Waals surface area contributed by atoms with Gasteiger partial charge in [0.1, 0.15) is 5.75 Å². The van der Waals surface area contributed by atoms with Gasteiger partial charge in [0.05, 0.1) is 5.69 Å². The fourth-order valence-corrected chi connectivity index (χ4v) is 2.42. The van der Waals surface area contributed by atoms with Crippen LogP contribution in [0.4, 0.5) is 18.9 Å². The second kappa shape index (κ2) is 5.94. The predicted octanol–water partition coefficient (Wildman–Crippen LogP) is 4.47. The number of anilines is 1. The molecule has 5 heteroatoms. The maximum Gasteiger partial charge on any atom is 0.422 e. The highest BCUT2D eigenvalue weighted by Gasteiger charge is 2.32. The Labute approximate surface area is 117 Å². The van der Waals surface area contributed by atoms with Crippen LogP contribution in [0.2, 0.25) is 0 Å². The van der Waals surface area contributed by atoms with Crippen molar-refractivity contribution < 1.29 is 17.9 Å². The SMILES string of the molecule is CC(C)C1CC(Nc2ccccc2OCC(F)(F)F)C1. The van der Waals surface area contributed by atoms with Crippen LogP contribution in [0.3, 0.4) is 0 Å². The lowest BCUT2D eigenvalue weighted by Crippen LogP contribution is -2.38. The van der Waals surface area contributed by atoms with Gasteiger partial charge in [0.25, 0.3) is 0 Å². The average Bonchev–Trinajstić information content (AvgIpc) is 2.30. The van der Waals surface area contributed by atoms with Crippen molar-refractivity contribution in [2.24, 2.45) is 11.8 Å². The van der Waals surface area contributed by atoms with E-state index in [-0.39, 0.29) is 5.75 Å². The van der Waals surface area contributed by atoms with Crippen molar-refractivity contribution in [1.29, 1.82) is 0 Å². The van der Waals surface area contributed by atoms with Crippen molar-refractivity contribution in [3.8, 4) is 5.75 Å². The number of benzene rings is 1. The quantitative estimate of drug-likeness (QED) is 0.862. The van der Waals surface area contributed by atoms with Gasteiger partial charge in [-0.05, 0) is 36.8 Å². The number of alkyl halides is 3. The van der Waals surface area contributed by atoms with E-state index < -0.39 is 12.8 Å². The Morgan fingerprint density at radius 2 is 1.90 bits per heavy atom. The summed E-state index contributed by atoms with van der Waals surface area (Å²) < 4.78 is 41.5. The van der Waals surface area contributed by atoms with Crippen molar-refractivity contribution in [2.75, 3.05) is 11.9 Å². The molecule has 20 heavy (non-hydrogen) atoms. The largest absolute Gasteiger partial charge is 0.482 e. The molecule has 1 saturated carbocycles. The van der Waals surface area contributed by atoms with Crippen LogP contribution >= 0.6 is 0 Å². The van der Waals surface area contributed by atoms with Gasteiger partial charge in [0.15, 0.2) is 6.61 Å². The standard InChI is InChI=1S/C15H20F3NO/c1-10(2)11-7-12(8-11)19-13-5-3-4-6-14(13)20-9-15(16,17)18/h3-6,10-12,19H,7-9H2,1-2H3. The Morgan fingerprint density at radius 3 is 2.50 bits per heavy atom. The van der Waals surface area contributed by atoms with E-state index in [4.69, 9.17) is 4.74 Å². The van der Waals surface area contributed by atoms with Gasteiger partial charge in [-0.15, -0.1) is 0 Å². The fraction of sp³-hybridized carbons (Fsp3) is 0.600. The molecule has 0 bridgehead atoms. The molecule has 1 aromatic carbocycles. The van der Waals surface area contributed by atoms with E-state index in [1.54, 1.807) is 24.3 Å². The normalized spacial score (nSPS) is 22.5. The molecule has 1 aromatic rings. The van der Waals surface area contributed by atoms with Crippen molar-refractivity contribution in [3.05, 3.63) is 24.3 Å². The van der Waals surface area contributed by atoms with Gasteiger partial charge < -0.3 is 10.1 Å². The molecule has 0 saturated heterocycles. The highest BCUT2D eigenvalue weighted by Crippen LogP contribution is 2.37. The summed E-state index contributed by atoms with van der Waals surface area (Å²) in [4.78, 5) is 0. The van der Waals surface area contributed by atoms with Crippen molar-refractivity contribution in [2.45, 2.75) is 38.9 Å². The number of nitrogens with one attached hydrogen (secondary N) is 1. The third kappa shape index (κ3) is 4.05. The molecule has 112 valence electrons. The highest BCUT2D eigenvalue weighted by molar-refractivity contribution is 5.57. The third-order valence-electron chi connectivity index (χ3n) is 3.76. The van der Waals surface area contributed by atoms with Crippen molar-refractivity contribution in [3.63, 3.8) is 0 Å². The molecule has 0 radical (unpaired) electrons. The van der Waals surface area contributed by atoms with Gasteiger partial charge in [0, 0.05) is 6.04 Å². The first-order chi connectivity index (χ1) is 9.35. The van der Waals surface area contributed by atoms with Gasteiger partial charge >= 0.3 is 6.18 Å². The Kier molecular flexibility index (Phi) is 4.45. The van der Waals surface area contributed by atoms with Crippen molar-refractivity contribution >= 4 is 5.69 Å². The number of rotatable bonds is 5. The Hall–Kier alpha value is -1.39. The monoisotopic (exact) mass is 287 g/mol. The minimum absolute atomic E-state index is 0.262. The summed E-state index contributed by atoms with van der Waals surface area (Å²) in [6.07, 6.45) is -2.19. The first kappa shape index (κ1) is 15.0. The highest BCUT2D eigenvalue weighted by atomic mass is 19.4. The second-order valence-electron chi connectivity index (χ2n) is 5.72. The summed E-state index contributed by atoms with van der Waals surface area (Å²) in [5, 5.41) is 3.28. The Morgan fingerprint density at radius 1 is 1.25 bits per heavy atom. The molecule has 0 heterocycles. The molecule has 1 fully saturated rings. The van der Waals surface area contributed by atoms with Crippen LogP contribution in [0.1, 0.15) is 26.7 Å². The van der Waals surface area contributed by atoms with Crippen LogP contribution in [0.15, 0.2) is 24.3 Å². The maximum absolute atomic E-state index is 12.2. The van der Waals surface area contributed by atoms with Crippen LogP contribution in [0.5, 0.6) is 5.75 Å². The zero-order valence-corrected chi connectivity index (χ0v) is 11.7. The molecule has 0 aliphatic heterocycles. The molecule has 1 aliphatic rings. The Balaban J connectivity index is 1.92. The summed E-state index contributed by atoms with van der Waals surface area (Å²) in [5.41, 5.74) is 0.643. The molecule has 0 atom stereocenters. The molecular formula is C15H20F3NO. The topological polar surface area (TPSA) is 21.3 Å². The summed E-state index contributed by atoms with van der Waals surface area (Å²) in [7, 11) is 0. The van der Waals surface area contributed by atoms with Crippen LogP contribution in [0.25, 0.3) is 0 Å². The summed E-state index contributed by atoms with van der Waals surface area (Å²) in [5.74, 6) is 1.62. The molecule has 0 aromatic heterocycles. The molecule has 2 nitrogen and oxygen atoms in total. The molecule has 0 unspecified atom stereocenters. The first-order valence-corrected chi connectivity index (χ1v) is 6.90. The van der Waals surface area contributed by atoms with E-state index in [9.17, 15) is 13.2 Å². The number of ether oxygens (including phenoxy) is 1.